The zero-order chi connectivity index (χ0) is 17.0. The molecule has 0 aromatic heterocycles. The zero-order valence-electron chi connectivity index (χ0n) is 13.4. The number of ether oxygens (including phenoxy) is 2. The van der Waals surface area contributed by atoms with Gasteiger partial charge in [-0.25, -0.2) is 8.78 Å². The predicted octanol–water partition coefficient (Wildman–Crippen LogP) is 4.02. The molecule has 0 bridgehead atoms. The Bertz CT molecular complexity index is 763. The van der Waals surface area contributed by atoms with Crippen LogP contribution in [0.2, 0.25) is 0 Å². The second kappa shape index (κ2) is 7.12. The number of benzene rings is 2. The van der Waals surface area contributed by atoms with Crippen LogP contribution in [-0.2, 0) is 15.1 Å². The molecule has 4 heteroatoms. The molecule has 3 rings (SSSR count). The van der Waals surface area contributed by atoms with Crippen LogP contribution in [0.5, 0.6) is 0 Å². The third kappa shape index (κ3) is 3.64. The lowest BCUT2D eigenvalue weighted by Gasteiger charge is -2.36. The highest BCUT2D eigenvalue weighted by Gasteiger charge is 2.34. The molecule has 0 radical (unpaired) electrons. The van der Waals surface area contributed by atoms with Crippen LogP contribution < -0.4 is 0 Å². The molecule has 0 saturated carbocycles. The first-order chi connectivity index (χ1) is 11.6. The van der Waals surface area contributed by atoms with Crippen LogP contribution in [0.4, 0.5) is 8.78 Å². The van der Waals surface area contributed by atoms with E-state index in [4.69, 9.17) is 9.47 Å². The first-order valence-corrected chi connectivity index (χ1v) is 7.83. The van der Waals surface area contributed by atoms with Gasteiger partial charge < -0.3 is 9.47 Å². The fraction of sp³-hybridized carbons (Fsp3) is 0.300. The first-order valence-electron chi connectivity index (χ1n) is 7.83. The quantitative estimate of drug-likeness (QED) is 0.775. The summed E-state index contributed by atoms with van der Waals surface area (Å²) in [4.78, 5) is 0. The molecule has 0 amide bonds. The van der Waals surface area contributed by atoms with Gasteiger partial charge >= 0.3 is 0 Å². The number of halogens is 2. The summed E-state index contributed by atoms with van der Waals surface area (Å²) in [5.74, 6) is 4.51. The van der Waals surface area contributed by atoms with E-state index in [-0.39, 0.29) is 5.60 Å². The first kappa shape index (κ1) is 16.6. The van der Waals surface area contributed by atoms with Crippen LogP contribution >= 0.6 is 0 Å². The van der Waals surface area contributed by atoms with E-state index in [9.17, 15) is 8.78 Å². The molecule has 0 N–H and O–H groups in total. The van der Waals surface area contributed by atoms with Gasteiger partial charge in [0, 0.05) is 50.4 Å². The van der Waals surface area contributed by atoms with Crippen LogP contribution in [0.15, 0.2) is 42.5 Å². The molecular formula is C20H18F2O2. The smallest absolute Gasteiger partial charge is 0.127 e. The molecule has 0 aliphatic carbocycles. The van der Waals surface area contributed by atoms with Gasteiger partial charge in [-0.3, -0.25) is 0 Å². The number of rotatable bonds is 2. The molecule has 1 heterocycles. The minimum absolute atomic E-state index is 0.311. The SMILES string of the molecule is COC1(c2cccc(C#Cc3cc(F)cc(F)c3)c2)CCOCC1. The molecule has 1 aliphatic heterocycles. The fourth-order valence-electron chi connectivity index (χ4n) is 2.96. The van der Waals surface area contributed by atoms with E-state index < -0.39 is 11.6 Å². The van der Waals surface area contributed by atoms with E-state index in [1.54, 1.807) is 7.11 Å². The highest BCUT2D eigenvalue weighted by molar-refractivity contribution is 5.45. The Morgan fingerprint density at radius 1 is 0.958 bits per heavy atom. The Balaban J connectivity index is 1.90. The Morgan fingerprint density at radius 3 is 2.29 bits per heavy atom. The van der Waals surface area contributed by atoms with Crippen molar-refractivity contribution in [2.24, 2.45) is 0 Å². The fourth-order valence-corrected chi connectivity index (χ4v) is 2.96. The van der Waals surface area contributed by atoms with Crippen molar-refractivity contribution in [1.82, 2.24) is 0 Å². The Labute approximate surface area is 140 Å². The molecule has 0 atom stereocenters. The van der Waals surface area contributed by atoms with Gasteiger partial charge in [-0.05, 0) is 29.8 Å². The summed E-state index contributed by atoms with van der Waals surface area (Å²) in [7, 11) is 1.71. The van der Waals surface area contributed by atoms with E-state index in [2.05, 4.69) is 11.8 Å². The third-order valence-electron chi connectivity index (χ3n) is 4.29. The minimum Gasteiger partial charge on any atom is -0.381 e. The van der Waals surface area contributed by atoms with Gasteiger partial charge in [0.25, 0.3) is 0 Å². The van der Waals surface area contributed by atoms with Crippen LogP contribution in [0.25, 0.3) is 0 Å². The molecule has 0 unspecified atom stereocenters. The van der Waals surface area contributed by atoms with Gasteiger partial charge in [-0.15, -0.1) is 0 Å². The van der Waals surface area contributed by atoms with Crippen LogP contribution in [0.1, 0.15) is 29.5 Å². The van der Waals surface area contributed by atoms with E-state index >= 15 is 0 Å². The van der Waals surface area contributed by atoms with Crippen LogP contribution in [0, 0.1) is 23.5 Å². The van der Waals surface area contributed by atoms with E-state index in [1.807, 2.05) is 24.3 Å². The molecule has 2 aromatic rings. The van der Waals surface area contributed by atoms with Crippen molar-refractivity contribution in [3.05, 3.63) is 70.8 Å². The van der Waals surface area contributed by atoms with Gasteiger partial charge in [0.2, 0.25) is 0 Å². The highest BCUT2D eigenvalue weighted by Crippen LogP contribution is 2.35. The van der Waals surface area contributed by atoms with Gasteiger partial charge in [0.15, 0.2) is 0 Å². The largest absolute Gasteiger partial charge is 0.381 e. The van der Waals surface area contributed by atoms with Crippen molar-refractivity contribution in [2.45, 2.75) is 18.4 Å². The molecule has 2 aromatic carbocycles. The highest BCUT2D eigenvalue weighted by atomic mass is 19.1. The molecule has 124 valence electrons. The van der Waals surface area contributed by atoms with Crippen molar-refractivity contribution in [1.29, 1.82) is 0 Å². The Morgan fingerprint density at radius 2 is 1.62 bits per heavy atom. The van der Waals surface area contributed by atoms with Crippen molar-refractivity contribution in [2.75, 3.05) is 20.3 Å². The Kier molecular flexibility index (Phi) is 4.94. The average molecular weight is 328 g/mol. The summed E-state index contributed by atoms with van der Waals surface area (Å²) in [5.41, 5.74) is 1.78. The van der Waals surface area contributed by atoms with Crippen LogP contribution in [-0.4, -0.2) is 20.3 Å². The van der Waals surface area contributed by atoms with Crippen molar-refractivity contribution < 1.29 is 18.3 Å². The number of hydrogen-bond donors (Lipinski definition) is 0. The topological polar surface area (TPSA) is 18.5 Å². The van der Waals surface area contributed by atoms with E-state index in [0.29, 0.717) is 18.8 Å². The number of hydrogen-bond acceptors (Lipinski definition) is 2. The van der Waals surface area contributed by atoms with E-state index in [1.165, 1.54) is 12.1 Å². The minimum atomic E-state index is -0.631. The summed E-state index contributed by atoms with van der Waals surface area (Å²) < 4.78 is 37.7. The molecule has 2 nitrogen and oxygen atoms in total. The molecule has 0 spiro atoms. The summed E-state index contributed by atoms with van der Waals surface area (Å²) in [6.45, 7) is 1.32. The van der Waals surface area contributed by atoms with Crippen molar-refractivity contribution in [3.63, 3.8) is 0 Å². The third-order valence-corrected chi connectivity index (χ3v) is 4.29. The molecule has 1 aliphatic rings. The lowest BCUT2D eigenvalue weighted by atomic mass is 9.85. The standard InChI is InChI=1S/C20H18F2O2/c1-23-20(7-9-24-10-8-20)17-4-2-3-15(11-17)5-6-16-12-18(21)14-19(22)13-16/h2-4,11-14H,7-10H2,1H3. The lowest BCUT2D eigenvalue weighted by molar-refractivity contribution is -0.0947. The second-order valence-corrected chi connectivity index (χ2v) is 5.80. The van der Waals surface area contributed by atoms with Gasteiger partial charge in [0.05, 0.1) is 5.60 Å². The second-order valence-electron chi connectivity index (χ2n) is 5.80. The average Bonchev–Trinajstić information content (AvgIpc) is 2.60. The van der Waals surface area contributed by atoms with Crippen LogP contribution in [0.3, 0.4) is 0 Å². The van der Waals surface area contributed by atoms with Crippen molar-refractivity contribution >= 4 is 0 Å². The van der Waals surface area contributed by atoms with Crippen molar-refractivity contribution in [3.8, 4) is 11.8 Å². The summed E-state index contributed by atoms with van der Waals surface area (Å²) >= 11 is 0. The monoisotopic (exact) mass is 328 g/mol. The summed E-state index contributed by atoms with van der Waals surface area (Å²) in [5, 5.41) is 0. The van der Waals surface area contributed by atoms with Gasteiger partial charge in [0.1, 0.15) is 11.6 Å². The van der Waals surface area contributed by atoms with E-state index in [0.717, 1.165) is 30.0 Å². The predicted molar refractivity (Wildman–Crippen MR) is 87.5 cm³/mol. The zero-order valence-corrected chi connectivity index (χ0v) is 13.4. The molecule has 1 saturated heterocycles. The lowest BCUT2D eigenvalue weighted by Crippen LogP contribution is -2.35. The molecule has 1 fully saturated rings. The van der Waals surface area contributed by atoms with Gasteiger partial charge in [-0.1, -0.05) is 24.0 Å². The molecular weight excluding hydrogens is 310 g/mol. The molecule has 24 heavy (non-hydrogen) atoms. The maximum absolute atomic E-state index is 13.2. The van der Waals surface area contributed by atoms with Gasteiger partial charge in [-0.2, -0.15) is 0 Å². The Hall–Kier alpha value is -2.22. The summed E-state index contributed by atoms with van der Waals surface area (Å²) in [6.07, 6.45) is 1.57. The summed E-state index contributed by atoms with van der Waals surface area (Å²) in [6, 6.07) is 11.0. The maximum atomic E-state index is 13.2. The maximum Gasteiger partial charge on any atom is 0.127 e. The normalized spacial score (nSPS) is 16.3. The number of methoxy groups -OCH3 is 1.